The molecule has 4 aromatic rings. The fourth-order valence-electron chi connectivity index (χ4n) is 2.98. The summed E-state index contributed by atoms with van der Waals surface area (Å²) in [6.07, 6.45) is 0. The Labute approximate surface area is 193 Å². The van der Waals surface area contributed by atoms with Crippen molar-refractivity contribution in [3.63, 3.8) is 0 Å². The van der Waals surface area contributed by atoms with E-state index in [-0.39, 0.29) is 12.5 Å². The van der Waals surface area contributed by atoms with Crippen molar-refractivity contribution >= 4 is 34.9 Å². The predicted molar refractivity (Wildman–Crippen MR) is 123 cm³/mol. The lowest BCUT2D eigenvalue weighted by Crippen LogP contribution is -2.32. The van der Waals surface area contributed by atoms with E-state index >= 15 is 0 Å². The lowest BCUT2D eigenvalue weighted by Gasteiger charge is -2.06. The molecule has 2 aromatic heterocycles. The highest BCUT2D eigenvalue weighted by Crippen LogP contribution is 2.21. The summed E-state index contributed by atoms with van der Waals surface area (Å²) in [6, 6.07) is 18.5. The van der Waals surface area contributed by atoms with Gasteiger partial charge in [0.15, 0.2) is 5.65 Å². The molecular formula is C22H20ClN5O3S. The second kappa shape index (κ2) is 9.88. The van der Waals surface area contributed by atoms with E-state index in [4.69, 9.17) is 16.3 Å². The van der Waals surface area contributed by atoms with Crippen molar-refractivity contribution in [1.82, 2.24) is 24.7 Å². The lowest BCUT2D eigenvalue weighted by molar-refractivity contribution is -0.122. The number of benzene rings is 2. The molecule has 0 bridgehead atoms. The maximum absolute atomic E-state index is 12.7. The molecule has 0 spiro atoms. The maximum atomic E-state index is 12.7. The van der Waals surface area contributed by atoms with Gasteiger partial charge in [-0.25, -0.2) is 9.48 Å². The molecule has 164 valence electrons. The van der Waals surface area contributed by atoms with E-state index in [9.17, 15) is 9.59 Å². The number of fused-ring (bicyclic) bond motifs is 1. The van der Waals surface area contributed by atoms with Crippen molar-refractivity contribution < 1.29 is 9.53 Å². The number of rotatable bonds is 8. The first-order valence-electron chi connectivity index (χ1n) is 9.75. The summed E-state index contributed by atoms with van der Waals surface area (Å²) >= 11 is 7.41. The Morgan fingerprint density at radius 3 is 2.69 bits per heavy atom. The standard InChI is InChI=1S/C22H20ClN5O3S/c1-31-18-4-2-3-16(11-18)12-24-20(29)13-27-22(30)28-19(25-27)9-10-21(26-28)32-14-15-5-7-17(23)8-6-15/h2-11H,12-14H2,1H3,(H,24,29). The number of hydrogen-bond acceptors (Lipinski definition) is 6. The van der Waals surface area contributed by atoms with Gasteiger partial charge in [0, 0.05) is 17.3 Å². The molecule has 0 aliphatic heterocycles. The van der Waals surface area contributed by atoms with Crippen molar-refractivity contribution in [2.24, 2.45) is 0 Å². The van der Waals surface area contributed by atoms with Gasteiger partial charge in [-0.2, -0.15) is 9.61 Å². The second-order valence-corrected chi connectivity index (χ2v) is 8.36. The van der Waals surface area contributed by atoms with Gasteiger partial charge in [0.25, 0.3) is 0 Å². The molecule has 2 heterocycles. The minimum absolute atomic E-state index is 0.195. The number of aromatic nitrogens is 4. The molecule has 0 fully saturated rings. The van der Waals surface area contributed by atoms with Gasteiger partial charge >= 0.3 is 5.69 Å². The Balaban J connectivity index is 1.40. The minimum atomic E-state index is -0.467. The lowest BCUT2D eigenvalue weighted by atomic mass is 10.2. The van der Waals surface area contributed by atoms with Crippen LogP contribution in [0.3, 0.4) is 0 Å². The number of halogens is 1. The highest BCUT2D eigenvalue weighted by molar-refractivity contribution is 7.98. The number of methoxy groups -OCH3 is 1. The zero-order valence-corrected chi connectivity index (χ0v) is 18.8. The van der Waals surface area contributed by atoms with E-state index in [1.165, 1.54) is 16.3 Å². The van der Waals surface area contributed by atoms with Gasteiger partial charge in [0.05, 0.1) is 7.11 Å². The van der Waals surface area contributed by atoms with Gasteiger partial charge in [0.2, 0.25) is 5.91 Å². The van der Waals surface area contributed by atoms with Gasteiger partial charge in [0.1, 0.15) is 17.3 Å². The molecule has 1 amide bonds. The topological polar surface area (TPSA) is 90.5 Å². The first kappa shape index (κ1) is 21.9. The summed E-state index contributed by atoms with van der Waals surface area (Å²) in [4.78, 5) is 25.0. The molecular weight excluding hydrogens is 450 g/mol. The van der Waals surface area contributed by atoms with Crippen molar-refractivity contribution in [3.8, 4) is 5.75 Å². The Hall–Kier alpha value is -3.30. The molecule has 0 saturated heterocycles. The molecule has 32 heavy (non-hydrogen) atoms. The second-order valence-electron chi connectivity index (χ2n) is 6.93. The van der Waals surface area contributed by atoms with Crippen LogP contribution in [0.15, 0.2) is 70.5 Å². The van der Waals surface area contributed by atoms with Crippen LogP contribution in [-0.4, -0.2) is 32.4 Å². The monoisotopic (exact) mass is 469 g/mol. The van der Waals surface area contributed by atoms with E-state index in [0.717, 1.165) is 15.8 Å². The summed E-state index contributed by atoms with van der Waals surface area (Å²) in [5.74, 6) is 1.07. The van der Waals surface area contributed by atoms with E-state index in [0.29, 0.717) is 33.7 Å². The van der Waals surface area contributed by atoms with Crippen molar-refractivity contribution in [3.05, 3.63) is 87.3 Å². The number of carbonyl (C=O) groups is 1. The quantitative estimate of drug-likeness (QED) is 0.399. The predicted octanol–water partition coefficient (Wildman–Crippen LogP) is 3.16. The van der Waals surface area contributed by atoms with Gasteiger partial charge in [-0.05, 0) is 47.5 Å². The fraction of sp³-hybridized carbons (Fsp3) is 0.182. The van der Waals surface area contributed by atoms with Crippen LogP contribution in [0.4, 0.5) is 0 Å². The fourth-order valence-corrected chi connectivity index (χ4v) is 3.92. The van der Waals surface area contributed by atoms with E-state index < -0.39 is 5.69 Å². The smallest absolute Gasteiger partial charge is 0.367 e. The van der Waals surface area contributed by atoms with Crippen LogP contribution in [-0.2, 0) is 23.6 Å². The Morgan fingerprint density at radius 1 is 1.09 bits per heavy atom. The van der Waals surface area contributed by atoms with Crippen LogP contribution in [0.1, 0.15) is 11.1 Å². The summed E-state index contributed by atoms with van der Waals surface area (Å²) in [7, 11) is 1.59. The van der Waals surface area contributed by atoms with E-state index in [1.807, 2.05) is 48.5 Å². The van der Waals surface area contributed by atoms with Gasteiger partial charge in [-0.15, -0.1) is 5.10 Å². The highest BCUT2D eigenvalue weighted by atomic mass is 35.5. The summed E-state index contributed by atoms with van der Waals surface area (Å²) in [6.45, 7) is 0.126. The zero-order valence-electron chi connectivity index (χ0n) is 17.2. The number of nitrogens with one attached hydrogen (secondary N) is 1. The Kier molecular flexibility index (Phi) is 6.77. The number of nitrogens with zero attached hydrogens (tertiary/aromatic N) is 4. The third-order valence-electron chi connectivity index (χ3n) is 4.63. The average Bonchev–Trinajstić information content (AvgIpc) is 3.12. The molecule has 0 aliphatic carbocycles. The van der Waals surface area contributed by atoms with Gasteiger partial charge in [-0.3, -0.25) is 4.79 Å². The summed E-state index contributed by atoms with van der Waals surface area (Å²) < 4.78 is 7.49. The van der Waals surface area contributed by atoms with Crippen LogP contribution < -0.4 is 15.7 Å². The van der Waals surface area contributed by atoms with Gasteiger partial charge < -0.3 is 10.1 Å². The first-order valence-corrected chi connectivity index (χ1v) is 11.1. The Morgan fingerprint density at radius 2 is 1.91 bits per heavy atom. The largest absolute Gasteiger partial charge is 0.497 e. The molecule has 10 heteroatoms. The first-order chi connectivity index (χ1) is 15.5. The molecule has 2 aromatic carbocycles. The number of thioether (sulfide) groups is 1. The number of ether oxygens (including phenoxy) is 1. The normalized spacial score (nSPS) is 10.9. The highest BCUT2D eigenvalue weighted by Gasteiger charge is 2.12. The van der Waals surface area contributed by atoms with E-state index in [2.05, 4.69) is 15.5 Å². The number of carbonyl (C=O) groups excluding carboxylic acids is 1. The molecule has 0 unspecified atom stereocenters. The third-order valence-corrected chi connectivity index (χ3v) is 5.88. The maximum Gasteiger partial charge on any atom is 0.367 e. The molecule has 0 saturated carbocycles. The third kappa shape index (κ3) is 5.30. The zero-order chi connectivity index (χ0) is 22.5. The van der Waals surface area contributed by atoms with Crippen LogP contribution >= 0.6 is 23.4 Å². The van der Waals surface area contributed by atoms with Crippen LogP contribution in [0.25, 0.3) is 5.65 Å². The molecule has 8 nitrogen and oxygen atoms in total. The summed E-state index contributed by atoms with van der Waals surface area (Å²) in [5.41, 5.74) is 1.90. The molecule has 4 rings (SSSR count). The van der Waals surface area contributed by atoms with Crippen molar-refractivity contribution in [1.29, 1.82) is 0 Å². The minimum Gasteiger partial charge on any atom is -0.497 e. The average molecular weight is 470 g/mol. The van der Waals surface area contributed by atoms with E-state index in [1.54, 1.807) is 19.2 Å². The number of amides is 1. The van der Waals surface area contributed by atoms with Crippen LogP contribution in [0.2, 0.25) is 5.02 Å². The molecule has 0 atom stereocenters. The Bertz CT molecular complexity index is 1300. The SMILES string of the molecule is COc1cccc(CNC(=O)Cn2nc3ccc(SCc4ccc(Cl)cc4)nn3c2=O)c1. The molecule has 0 aliphatic rings. The van der Waals surface area contributed by atoms with Gasteiger partial charge in [-0.1, -0.05) is 47.6 Å². The summed E-state index contributed by atoms with van der Waals surface area (Å²) in [5, 5.41) is 12.7. The van der Waals surface area contributed by atoms with Crippen molar-refractivity contribution in [2.45, 2.75) is 23.9 Å². The molecule has 1 N–H and O–H groups in total. The van der Waals surface area contributed by atoms with Crippen LogP contribution in [0.5, 0.6) is 5.75 Å². The number of hydrogen-bond donors (Lipinski definition) is 1. The van der Waals surface area contributed by atoms with Crippen LogP contribution in [0, 0.1) is 0 Å². The van der Waals surface area contributed by atoms with Crippen molar-refractivity contribution in [2.75, 3.05) is 7.11 Å². The molecule has 0 radical (unpaired) electrons.